The minimum Gasteiger partial charge on any atom is -0.496 e. The highest BCUT2D eigenvalue weighted by atomic mass is 32.1. The van der Waals surface area contributed by atoms with Gasteiger partial charge in [0, 0.05) is 17.6 Å². The van der Waals surface area contributed by atoms with Gasteiger partial charge in [0.25, 0.3) is 0 Å². The topological polar surface area (TPSA) is 86.5 Å². The summed E-state index contributed by atoms with van der Waals surface area (Å²) in [5, 5.41) is 18.4. The van der Waals surface area contributed by atoms with Gasteiger partial charge in [0.15, 0.2) is 10.6 Å². The van der Waals surface area contributed by atoms with E-state index in [1.54, 1.807) is 29.5 Å². The van der Waals surface area contributed by atoms with Gasteiger partial charge >= 0.3 is 0 Å². The molecule has 0 amide bonds. The standard InChI is InChI=1S/C21H25N5OS/c1-14(2)11-26-12-18(21(3,4)5)28-20(26)25-19(24-13-23)16-9-15(10-22)7-8-17(16)27-6/h7-9,12,14H,11H2,1-6H3/b24-19+,25-20-. The fourth-order valence-electron chi connectivity index (χ4n) is 2.57. The maximum atomic E-state index is 9.23. The van der Waals surface area contributed by atoms with Crippen molar-refractivity contribution in [3.8, 4) is 18.0 Å². The average molecular weight is 396 g/mol. The molecule has 1 aromatic heterocycles. The Morgan fingerprint density at radius 1 is 1.29 bits per heavy atom. The first-order chi connectivity index (χ1) is 13.2. The number of ether oxygens (including phenoxy) is 1. The molecule has 0 spiro atoms. The number of amidine groups is 1. The predicted octanol–water partition coefficient (Wildman–Crippen LogP) is 4.21. The number of aromatic nitrogens is 1. The molecule has 2 rings (SSSR count). The van der Waals surface area contributed by atoms with Crippen molar-refractivity contribution >= 4 is 17.2 Å². The van der Waals surface area contributed by atoms with Crippen LogP contribution in [-0.4, -0.2) is 17.5 Å². The van der Waals surface area contributed by atoms with Gasteiger partial charge in [-0.05, 0) is 29.5 Å². The van der Waals surface area contributed by atoms with E-state index < -0.39 is 0 Å². The maximum Gasteiger partial charge on any atom is 0.207 e. The monoisotopic (exact) mass is 395 g/mol. The fraction of sp³-hybridized carbons (Fsp3) is 0.429. The summed E-state index contributed by atoms with van der Waals surface area (Å²) in [6.07, 6.45) is 3.95. The molecule has 1 aromatic carbocycles. The zero-order valence-corrected chi connectivity index (χ0v) is 18.0. The van der Waals surface area contributed by atoms with Crippen molar-refractivity contribution in [3.63, 3.8) is 0 Å². The molecule has 0 atom stereocenters. The molecule has 0 fully saturated rings. The highest BCUT2D eigenvalue weighted by molar-refractivity contribution is 7.09. The molecule has 0 unspecified atom stereocenters. The van der Waals surface area contributed by atoms with Crippen LogP contribution in [-0.2, 0) is 12.0 Å². The van der Waals surface area contributed by atoms with E-state index in [2.05, 4.69) is 56.4 Å². The van der Waals surface area contributed by atoms with E-state index >= 15 is 0 Å². The maximum absolute atomic E-state index is 9.23. The van der Waals surface area contributed by atoms with Crippen LogP contribution in [0.4, 0.5) is 0 Å². The van der Waals surface area contributed by atoms with Crippen molar-refractivity contribution in [2.45, 2.75) is 46.6 Å². The van der Waals surface area contributed by atoms with Crippen LogP contribution in [0.2, 0.25) is 0 Å². The van der Waals surface area contributed by atoms with Gasteiger partial charge in [0.1, 0.15) is 5.75 Å². The van der Waals surface area contributed by atoms with Crippen LogP contribution in [0.15, 0.2) is 34.4 Å². The largest absolute Gasteiger partial charge is 0.496 e. The second kappa shape index (κ2) is 8.86. The summed E-state index contributed by atoms with van der Waals surface area (Å²) < 4.78 is 7.50. The van der Waals surface area contributed by atoms with Crippen LogP contribution in [0.5, 0.6) is 5.75 Å². The van der Waals surface area contributed by atoms with Crippen molar-refractivity contribution in [3.05, 3.63) is 45.2 Å². The van der Waals surface area contributed by atoms with E-state index in [1.807, 2.05) is 6.19 Å². The predicted molar refractivity (Wildman–Crippen MR) is 111 cm³/mol. The van der Waals surface area contributed by atoms with Gasteiger partial charge in [-0.2, -0.15) is 20.5 Å². The van der Waals surface area contributed by atoms with Crippen molar-refractivity contribution in [1.82, 2.24) is 4.57 Å². The van der Waals surface area contributed by atoms with E-state index in [9.17, 15) is 10.5 Å². The molecule has 0 N–H and O–H groups in total. The zero-order valence-electron chi connectivity index (χ0n) is 17.1. The lowest BCUT2D eigenvalue weighted by molar-refractivity contribution is 0.414. The zero-order chi connectivity index (χ0) is 20.9. The molecule has 146 valence electrons. The second-order valence-electron chi connectivity index (χ2n) is 7.85. The third-order valence-electron chi connectivity index (χ3n) is 3.95. The lowest BCUT2D eigenvalue weighted by atomic mass is 9.95. The molecular formula is C21H25N5OS. The molecule has 2 aromatic rings. The molecule has 0 aliphatic rings. The number of rotatable bonds is 4. The lowest BCUT2D eigenvalue weighted by Crippen LogP contribution is -2.19. The van der Waals surface area contributed by atoms with Crippen LogP contribution < -0.4 is 9.54 Å². The number of hydrogen-bond acceptors (Lipinski definition) is 5. The Kier molecular flexibility index (Phi) is 6.77. The number of nitrogens with zero attached hydrogens (tertiary/aromatic N) is 5. The number of methoxy groups -OCH3 is 1. The molecule has 1 heterocycles. The Morgan fingerprint density at radius 2 is 2.00 bits per heavy atom. The summed E-state index contributed by atoms with van der Waals surface area (Å²) in [4.78, 5) is 10.6. The minimum atomic E-state index is -0.0118. The first-order valence-electron chi connectivity index (χ1n) is 9.00. The highest BCUT2D eigenvalue weighted by Crippen LogP contribution is 2.25. The Hall–Kier alpha value is -2.90. The Morgan fingerprint density at radius 3 is 2.54 bits per heavy atom. The van der Waals surface area contributed by atoms with Gasteiger partial charge in [-0.1, -0.05) is 34.6 Å². The fourth-order valence-corrected chi connectivity index (χ4v) is 3.63. The van der Waals surface area contributed by atoms with Gasteiger partial charge in [-0.25, -0.2) is 0 Å². The van der Waals surface area contributed by atoms with E-state index in [0.29, 0.717) is 22.8 Å². The van der Waals surface area contributed by atoms with E-state index in [0.717, 1.165) is 11.3 Å². The molecule has 0 radical (unpaired) electrons. The summed E-state index contributed by atoms with van der Waals surface area (Å²) in [7, 11) is 1.54. The number of aliphatic imine (C=N–C) groups is 1. The summed E-state index contributed by atoms with van der Waals surface area (Å²) >= 11 is 1.58. The van der Waals surface area contributed by atoms with Crippen molar-refractivity contribution in [2.75, 3.05) is 7.11 Å². The van der Waals surface area contributed by atoms with Crippen LogP contribution >= 0.6 is 11.3 Å². The highest BCUT2D eigenvalue weighted by Gasteiger charge is 2.19. The molecule has 0 aliphatic carbocycles. The van der Waals surface area contributed by atoms with Gasteiger partial charge in [0.2, 0.25) is 6.19 Å². The molecule has 28 heavy (non-hydrogen) atoms. The van der Waals surface area contributed by atoms with Gasteiger partial charge < -0.3 is 9.30 Å². The minimum absolute atomic E-state index is 0.0118. The summed E-state index contributed by atoms with van der Waals surface area (Å²) in [5.41, 5.74) is 0.959. The third kappa shape index (κ3) is 5.09. The Bertz CT molecular complexity index is 1020. The third-order valence-corrected chi connectivity index (χ3v) is 5.39. The Labute approximate surface area is 170 Å². The van der Waals surface area contributed by atoms with Gasteiger partial charge in [-0.15, -0.1) is 11.3 Å². The summed E-state index contributed by atoms with van der Waals surface area (Å²) in [6, 6.07) is 7.09. The number of hydrogen-bond donors (Lipinski definition) is 0. The Balaban J connectivity index is 2.72. The van der Waals surface area contributed by atoms with Crippen LogP contribution in [0, 0.1) is 28.7 Å². The quantitative estimate of drug-likeness (QED) is 0.441. The molecular weight excluding hydrogens is 370 g/mol. The molecule has 0 aliphatic heterocycles. The summed E-state index contributed by atoms with van der Waals surface area (Å²) in [6.45, 7) is 11.6. The molecule has 0 saturated heterocycles. The number of thiazole rings is 1. The smallest absolute Gasteiger partial charge is 0.207 e. The van der Waals surface area contributed by atoms with Crippen molar-refractivity contribution in [1.29, 1.82) is 10.5 Å². The summed E-state index contributed by atoms with van der Waals surface area (Å²) in [5.74, 6) is 1.19. The van der Waals surface area contributed by atoms with E-state index in [4.69, 9.17) is 9.73 Å². The average Bonchev–Trinajstić information content (AvgIpc) is 3.03. The lowest BCUT2D eigenvalue weighted by Gasteiger charge is -2.14. The number of nitriles is 2. The first kappa shape index (κ1) is 21.4. The first-order valence-corrected chi connectivity index (χ1v) is 9.82. The second-order valence-corrected chi connectivity index (χ2v) is 8.86. The molecule has 0 saturated carbocycles. The normalized spacial score (nSPS) is 12.8. The molecule has 7 heteroatoms. The SMILES string of the molecule is COc1ccc(C#N)cc1C(/N=c1\sc(C(C)(C)C)cn1CC(C)C)=N\C#N. The number of benzene rings is 1. The van der Waals surface area contributed by atoms with E-state index in [1.165, 1.54) is 12.0 Å². The molecule has 6 nitrogen and oxygen atoms in total. The van der Waals surface area contributed by atoms with Crippen molar-refractivity contribution in [2.24, 2.45) is 15.9 Å². The van der Waals surface area contributed by atoms with Crippen molar-refractivity contribution < 1.29 is 4.74 Å². The van der Waals surface area contributed by atoms with Crippen LogP contribution in [0.25, 0.3) is 0 Å². The van der Waals surface area contributed by atoms with Gasteiger partial charge in [-0.3, -0.25) is 0 Å². The van der Waals surface area contributed by atoms with Crippen LogP contribution in [0.3, 0.4) is 0 Å². The van der Waals surface area contributed by atoms with Crippen LogP contribution in [0.1, 0.15) is 50.6 Å². The molecule has 0 bridgehead atoms. The van der Waals surface area contributed by atoms with Gasteiger partial charge in [0.05, 0.1) is 24.3 Å². The van der Waals surface area contributed by atoms with E-state index in [-0.39, 0.29) is 11.3 Å².